The Bertz CT molecular complexity index is 265. The first-order valence-electron chi connectivity index (χ1n) is 5.60. The minimum Gasteiger partial charge on any atom is -0.314 e. The second kappa shape index (κ2) is 6.51. The van der Waals surface area contributed by atoms with E-state index in [1.165, 1.54) is 12.3 Å². The number of likely N-dealkylation sites (N-methyl/N-ethyl adjacent to an activating group) is 1. The van der Waals surface area contributed by atoms with Gasteiger partial charge in [-0.15, -0.1) is 0 Å². The molecule has 1 aromatic rings. The molecule has 1 heterocycles. The summed E-state index contributed by atoms with van der Waals surface area (Å²) in [5, 5.41) is 3.41. The van der Waals surface area contributed by atoms with Gasteiger partial charge in [-0.3, -0.25) is 4.98 Å². The van der Waals surface area contributed by atoms with Gasteiger partial charge in [0.05, 0.1) is 6.20 Å². The van der Waals surface area contributed by atoms with Crippen molar-refractivity contribution in [3.63, 3.8) is 0 Å². The molecule has 0 saturated carbocycles. The van der Waals surface area contributed by atoms with Crippen LogP contribution in [-0.2, 0) is 6.42 Å². The summed E-state index contributed by atoms with van der Waals surface area (Å²) in [5.41, 5.74) is 0.954. The number of pyridine rings is 1. The molecule has 3 heteroatoms. The number of hydrogen-bond acceptors (Lipinski definition) is 2. The van der Waals surface area contributed by atoms with Crippen molar-refractivity contribution in [1.29, 1.82) is 0 Å². The van der Waals surface area contributed by atoms with E-state index in [4.69, 9.17) is 0 Å². The van der Waals surface area contributed by atoms with Gasteiger partial charge in [0.2, 0.25) is 0 Å². The van der Waals surface area contributed by atoms with Gasteiger partial charge >= 0.3 is 0 Å². The molecule has 15 heavy (non-hydrogen) atoms. The lowest BCUT2D eigenvalue weighted by molar-refractivity contribution is 0.481. The summed E-state index contributed by atoms with van der Waals surface area (Å²) < 4.78 is 12.6. The summed E-state index contributed by atoms with van der Waals surface area (Å²) in [7, 11) is 0. The van der Waals surface area contributed by atoms with Crippen LogP contribution in [-0.4, -0.2) is 17.6 Å². The summed E-state index contributed by atoms with van der Waals surface area (Å²) >= 11 is 0. The average Bonchev–Trinajstić information content (AvgIpc) is 2.22. The van der Waals surface area contributed by atoms with E-state index in [1.807, 2.05) is 0 Å². The third-order valence-electron chi connectivity index (χ3n) is 2.37. The number of nitrogens with one attached hydrogen (secondary N) is 1. The van der Waals surface area contributed by atoms with E-state index in [0.717, 1.165) is 31.5 Å². The molecule has 1 rings (SSSR count). The first-order valence-corrected chi connectivity index (χ1v) is 5.60. The number of nitrogens with zero attached hydrogens (tertiary/aromatic N) is 1. The molecule has 1 N–H and O–H groups in total. The van der Waals surface area contributed by atoms with E-state index in [0.29, 0.717) is 6.04 Å². The molecule has 1 atom stereocenters. The molecular formula is C12H19FN2. The Labute approximate surface area is 90.9 Å². The van der Waals surface area contributed by atoms with Crippen molar-refractivity contribution in [1.82, 2.24) is 10.3 Å². The molecule has 2 nitrogen and oxygen atoms in total. The van der Waals surface area contributed by atoms with Gasteiger partial charge in [-0.2, -0.15) is 0 Å². The van der Waals surface area contributed by atoms with Crippen LogP contribution < -0.4 is 5.32 Å². The van der Waals surface area contributed by atoms with E-state index in [2.05, 4.69) is 24.1 Å². The Morgan fingerprint density at radius 2 is 2.20 bits per heavy atom. The predicted octanol–water partition coefficient (Wildman–Crippen LogP) is 2.54. The number of halogens is 1. The highest BCUT2D eigenvalue weighted by Gasteiger charge is 2.07. The lowest BCUT2D eigenvalue weighted by Crippen LogP contribution is -2.31. The van der Waals surface area contributed by atoms with Crippen LogP contribution >= 0.6 is 0 Å². The Balaban J connectivity index is 2.53. The molecule has 0 aromatic carbocycles. The van der Waals surface area contributed by atoms with Crippen LogP contribution in [0.2, 0.25) is 0 Å². The third kappa shape index (κ3) is 4.38. The molecule has 0 bridgehead atoms. The van der Waals surface area contributed by atoms with E-state index in [1.54, 1.807) is 6.07 Å². The zero-order valence-corrected chi connectivity index (χ0v) is 9.46. The molecule has 0 aliphatic carbocycles. The van der Waals surface area contributed by atoms with Gasteiger partial charge in [0.15, 0.2) is 0 Å². The van der Waals surface area contributed by atoms with Crippen LogP contribution in [0, 0.1) is 5.82 Å². The van der Waals surface area contributed by atoms with Crippen LogP contribution in [0.4, 0.5) is 4.39 Å². The maximum absolute atomic E-state index is 12.6. The Morgan fingerprint density at radius 1 is 1.40 bits per heavy atom. The molecule has 1 unspecified atom stereocenters. The molecule has 0 amide bonds. The van der Waals surface area contributed by atoms with Gasteiger partial charge in [0, 0.05) is 18.2 Å². The zero-order chi connectivity index (χ0) is 11.1. The Morgan fingerprint density at radius 3 is 2.73 bits per heavy atom. The monoisotopic (exact) mass is 210 g/mol. The van der Waals surface area contributed by atoms with E-state index < -0.39 is 0 Å². The lowest BCUT2D eigenvalue weighted by atomic mass is 10.1. The molecule has 84 valence electrons. The van der Waals surface area contributed by atoms with Gasteiger partial charge in [0.1, 0.15) is 5.82 Å². The molecule has 0 aliphatic heterocycles. The second-order valence-corrected chi connectivity index (χ2v) is 3.72. The fraction of sp³-hybridized carbons (Fsp3) is 0.583. The highest BCUT2D eigenvalue weighted by Crippen LogP contribution is 2.06. The molecule has 0 radical (unpaired) electrons. The van der Waals surface area contributed by atoms with Crippen LogP contribution in [0.15, 0.2) is 18.3 Å². The number of aromatic nitrogens is 1. The molecule has 0 spiro atoms. The summed E-state index contributed by atoms with van der Waals surface area (Å²) in [6.45, 7) is 5.23. The number of hydrogen-bond donors (Lipinski definition) is 1. The van der Waals surface area contributed by atoms with Crippen molar-refractivity contribution in [2.75, 3.05) is 6.54 Å². The quantitative estimate of drug-likeness (QED) is 0.780. The highest BCUT2D eigenvalue weighted by molar-refractivity contribution is 5.06. The normalized spacial score (nSPS) is 12.7. The highest BCUT2D eigenvalue weighted by atomic mass is 19.1. The molecular weight excluding hydrogens is 191 g/mol. The average molecular weight is 210 g/mol. The molecule has 0 aliphatic rings. The van der Waals surface area contributed by atoms with Crippen molar-refractivity contribution in [2.45, 2.75) is 39.2 Å². The standard InChI is InChI=1S/C12H19FN2/c1-3-5-11(14-4-2)8-12-7-6-10(13)9-15-12/h6-7,9,11,14H,3-5,8H2,1-2H3. The largest absolute Gasteiger partial charge is 0.314 e. The summed E-state index contributed by atoms with van der Waals surface area (Å²) in [5.74, 6) is -0.269. The van der Waals surface area contributed by atoms with Gasteiger partial charge in [-0.05, 0) is 25.1 Å². The van der Waals surface area contributed by atoms with E-state index >= 15 is 0 Å². The first-order chi connectivity index (χ1) is 7.26. The van der Waals surface area contributed by atoms with Crippen molar-refractivity contribution >= 4 is 0 Å². The number of rotatable bonds is 6. The zero-order valence-electron chi connectivity index (χ0n) is 9.46. The fourth-order valence-electron chi connectivity index (χ4n) is 1.69. The van der Waals surface area contributed by atoms with Gasteiger partial charge in [0.25, 0.3) is 0 Å². The molecule has 0 fully saturated rings. The SMILES string of the molecule is CCCC(Cc1ccc(F)cn1)NCC. The first kappa shape index (κ1) is 12.1. The van der Waals surface area contributed by atoms with E-state index in [-0.39, 0.29) is 5.82 Å². The Hall–Kier alpha value is -0.960. The smallest absolute Gasteiger partial charge is 0.141 e. The topological polar surface area (TPSA) is 24.9 Å². The maximum Gasteiger partial charge on any atom is 0.141 e. The minimum absolute atomic E-state index is 0.269. The second-order valence-electron chi connectivity index (χ2n) is 3.72. The van der Waals surface area contributed by atoms with Crippen molar-refractivity contribution < 1.29 is 4.39 Å². The fourth-order valence-corrected chi connectivity index (χ4v) is 1.69. The van der Waals surface area contributed by atoms with Gasteiger partial charge in [-0.25, -0.2) is 4.39 Å². The van der Waals surface area contributed by atoms with Crippen LogP contribution in [0.3, 0.4) is 0 Å². The van der Waals surface area contributed by atoms with Gasteiger partial charge < -0.3 is 5.32 Å². The summed E-state index contributed by atoms with van der Waals surface area (Å²) in [6, 6.07) is 3.69. The van der Waals surface area contributed by atoms with Crippen LogP contribution in [0.25, 0.3) is 0 Å². The minimum atomic E-state index is -0.269. The third-order valence-corrected chi connectivity index (χ3v) is 2.37. The lowest BCUT2D eigenvalue weighted by Gasteiger charge is -2.16. The molecule has 0 saturated heterocycles. The van der Waals surface area contributed by atoms with Crippen molar-refractivity contribution in [3.8, 4) is 0 Å². The van der Waals surface area contributed by atoms with Crippen molar-refractivity contribution in [2.24, 2.45) is 0 Å². The van der Waals surface area contributed by atoms with Crippen LogP contribution in [0.1, 0.15) is 32.4 Å². The van der Waals surface area contributed by atoms with Crippen molar-refractivity contribution in [3.05, 3.63) is 29.8 Å². The summed E-state index contributed by atoms with van der Waals surface area (Å²) in [6.07, 6.45) is 4.44. The Kier molecular flexibility index (Phi) is 5.26. The van der Waals surface area contributed by atoms with Crippen LogP contribution in [0.5, 0.6) is 0 Å². The van der Waals surface area contributed by atoms with E-state index in [9.17, 15) is 4.39 Å². The predicted molar refractivity (Wildman–Crippen MR) is 60.3 cm³/mol. The molecule has 1 aromatic heterocycles. The maximum atomic E-state index is 12.6. The summed E-state index contributed by atoms with van der Waals surface area (Å²) in [4.78, 5) is 4.07. The van der Waals surface area contributed by atoms with Gasteiger partial charge in [-0.1, -0.05) is 20.3 Å².